The SMILES string of the molecule is [O-]c1ncccc1-c1ccc(F)cc1. The molecule has 0 aliphatic heterocycles. The number of aromatic nitrogens is 1. The van der Waals surface area contributed by atoms with Gasteiger partial charge >= 0.3 is 0 Å². The van der Waals surface area contributed by atoms with Gasteiger partial charge < -0.3 is 5.11 Å². The van der Waals surface area contributed by atoms with Crippen LogP contribution in [0.2, 0.25) is 0 Å². The molecule has 70 valence electrons. The molecule has 0 fully saturated rings. The lowest BCUT2D eigenvalue weighted by atomic mass is 10.1. The Hall–Kier alpha value is -1.90. The number of halogens is 1. The number of pyridine rings is 1. The van der Waals surface area contributed by atoms with Crippen molar-refractivity contribution in [2.75, 3.05) is 0 Å². The van der Waals surface area contributed by atoms with E-state index in [4.69, 9.17) is 0 Å². The lowest BCUT2D eigenvalue weighted by Gasteiger charge is -2.10. The molecule has 0 saturated carbocycles. The molecule has 0 atom stereocenters. The first kappa shape index (κ1) is 8.69. The molecule has 2 aromatic rings. The molecule has 0 N–H and O–H groups in total. The highest BCUT2D eigenvalue weighted by molar-refractivity contribution is 5.67. The summed E-state index contributed by atoms with van der Waals surface area (Å²) in [6.45, 7) is 0. The van der Waals surface area contributed by atoms with E-state index in [0.717, 1.165) is 0 Å². The standard InChI is InChI=1S/C11H8FNO/c12-9-5-3-8(4-6-9)10-2-1-7-13-11(10)14/h1-7H,(H,13,14)/p-1. The van der Waals surface area contributed by atoms with E-state index >= 15 is 0 Å². The quantitative estimate of drug-likeness (QED) is 0.685. The van der Waals surface area contributed by atoms with E-state index in [2.05, 4.69) is 4.98 Å². The minimum atomic E-state index is -0.315. The number of hydrogen-bond donors (Lipinski definition) is 0. The smallest absolute Gasteiger partial charge is 0.123 e. The van der Waals surface area contributed by atoms with Crippen molar-refractivity contribution in [3.63, 3.8) is 0 Å². The molecule has 0 unspecified atom stereocenters. The average molecular weight is 188 g/mol. The van der Waals surface area contributed by atoms with Gasteiger partial charge in [-0.05, 0) is 35.2 Å². The normalized spacial score (nSPS) is 10.1. The summed E-state index contributed by atoms with van der Waals surface area (Å²) >= 11 is 0. The van der Waals surface area contributed by atoms with Gasteiger partial charge in [-0.3, -0.25) is 4.98 Å². The van der Waals surface area contributed by atoms with E-state index in [-0.39, 0.29) is 11.7 Å². The van der Waals surface area contributed by atoms with Crippen LogP contribution in [-0.2, 0) is 0 Å². The predicted molar refractivity (Wildman–Crippen MR) is 49.1 cm³/mol. The maximum Gasteiger partial charge on any atom is 0.123 e. The second-order valence-electron chi connectivity index (χ2n) is 2.86. The van der Waals surface area contributed by atoms with E-state index in [0.29, 0.717) is 11.1 Å². The monoisotopic (exact) mass is 188 g/mol. The third kappa shape index (κ3) is 1.57. The highest BCUT2D eigenvalue weighted by Gasteiger charge is 1.98. The van der Waals surface area contributed by atoms with Crippen LogP contribution >= 0.6 is 0 Å². The van der Waals surface area contributed by atoms with Crippen molar-refractivity contribution in [1.29, 1.82) is 0 Å². The fourth-order valence-corrected chi connectivity index (χ4v) is 1.24. The minimum Gasteiger partial charge on any atom is -0.858 e. The Balaban J connectivity index is 2.50. The molecule has 0 bridgehead atoms. The number of hydrogen-bond acceptors (Lipinski definition) is 2. The van der Waals surface area contributed by atoms with Crippen molar-refractivity contribution >= 4 is 0 Å². The molecule has 2 nitrogen and oxygen atoms in total. The van der Waals surface area contributed by atoms with E-state index in [1.165, 1.54) is 18.3 Å². The van der Waals surface area contributed by atoms with E-state index in [9.17, 15) is 9.50 Å². The van der Waals surface area contributed by atoms with Gasteiger partial charge in [0.15, 0.2) is 0 Å². The average Bonchev–Trinajstić information content (AvgIpc) is 2.20. The van der Waals surface area contributed by atoms with E-state index < -0.39 is 0 Å². The first-order valence-corrected chi connectivity index (χ1v) is 4.15. The van der Waals surface area contributed by atoms with Crippen LogP contribution in [-0.4, -0.2) is 4.98 Å². The Labute approximate surface area is 80.7 Å². The molecule has 0 saturated heterocycles. The summed E-state index contributed by atoms with van der Waals surface area (Å²) in [7, 11) is 0. The summed E-state index contributed by atoms with van der Waals surface area (Å²) in [5.41, 5.74) is 1.18. The maximum atomic E-state index is 12.6. The van der Waals surface area contributed by atoms with Crippen LogP contribution in [0.5, 0.6) is 5.88 Å². The van der Waals surface area contributed by atoms with Gasteiger partial charge in [-0.15, -0.1) is 0 Å². The lowest BCUT2D eigenvalue weighted by molar-refractivity contribution is -0.273. The Morgan fingerprint density at radius 1 is 1.07 bits per heavy atom. The second kappa shape index (κ2) is 3.46. The van der Waals surface area contributed by atoms with Crippen LogP contribution in [0.25, 0.3) is 11.1 Å². The summed E-state index contributed by atoms with van der Waals surface area (Å²) in [6.07, 6.45) is 1.44. The zero-order valence-corrected chi connectivity index (χ0v) is 7.27. The highest BCUT2D eigenvalue weighted by Crippen LogP contribution is 2.24. The summed E-state index contributed by atoms with van der Waals surface area (Å²) in [6, 6.07) is 9.12. The van der Waals surface area contributed by atoms with Gasteiger partial charge in [0.2, 0.25) is 0 Å². The van der Waals surface area contributed by atoms with Crippen molar-refractivity contribution in [3.05, 3.63) is 48.4 Å². The van der Waals surface area contributed by atoms with Crippen LogP contribution < -0.4 is 5.11 Å². The highest BCUT2D eigenvalue weighted by atomic mass is 19.1. The summed E-state index contributed by atoms with van der Waals surface area (Å²) in [4.78, 5) is 3.63. The van der Waals surface area contributed by atoms with Crippen molar-refractivity contribution in [2.24, 2.45) is 0 Å². The predicted octanol–water partition coefficient (Wildman–Crippen LogP) is 1.96. The molecule has 0 aliphatic carbocycles. The first-order chi connectivity index (χ1) is 6.77. The van der Waals surface area contributed by atoms with Crippen molar-refractivity contribution in [3.8, 4) is 17.0 Å². The molecule has 1 heterocycles. The Morgan fingerprint density at radius 2 is 1.79 bits per heavy atom. The van der Waals surface area contributed by atoms with Gasteiger partial charge in [-0.1, -0.05) is 18.2 Å². The van der Waals surface area contributed by atoms with E-state index in [1.54, 1.807) is 24.3 Å². The van der Waals surface area contributed by atoms with Crippen LogP contribution in [0.4, 0.5) is 4.39 Å². The zero-order valence-electron chi connectivity index (χ0n) is 7.27. The molecular weight excluding hydrogens is 181 g/mol. The first-order valence-electron chi connectivity index (χ1n) is 4.15. The third-order valence-corrected chi connectivity index (χ3v) is 1.93. The summed E-state index contributed by atoms with van der Waals surface area (Å²) in [5.74, 6) is -0.607. The number of benzene rings is 1. The fourth-order valence-electron chi connectivity index (χ4n) is 1.24. The minimum absolute atomic E-state index is 0.292. The van der Waals surface area contributed by atoms with Gasteiger partial charge in [-0.25, -0.2) is 4.39 Å². The van der Waals surface area contributed by atoms with E-state index in [1.807, 2.05) is 0 Å². The van der Waals surface area contributed by atoms with Crippen LogP contribution in [0.3, 0.4) is 0 Å². The molecule has 1 aromatic heterocycles. The van der Waals surface area contributed by atoms with Crippen molar-refractivity contribution in [2.45, 2.75) is 0 Å². The third-order valence-electron chi connectivity index (χ3n) is 1.93. The van der Waals surface area contributed by atoms with Gasteiger partial charge in [-0.2, -0.15) is 0 Å². The lowest BCUT2D eigenvalue weighted by Crippen LogP contribution is -1.95. The largest absolute Gasteiger partial charge is 0.858 e. The van der Waals surface area contributed by atoms with Crippen LogP contribution in [0, 0.1) is 5.82 Å². The summed E-state index contributed by atoms with van der Waals surface area (Å²) in [5, 5.41) is 11.3. The Kier molecular flexibility index (Phi) is 2.14. The maximum absolute atomic E-state index is 12.6. The van der Waals surface area contributed by atoms with Gasteiger partial charge in [0, 0.05) is 6.20 Å². The van der Waals surface area contributed by atoms with Crippen molar-refractivity contribution < 1.29 is 9.50 Å². The molecule has 14 heavy (non-hydrogen) atoms. The second-order valence-corrected chi connectivity index (χ2v) is 2.86. The summed E-state index contributed by atoms with van der Waals surface area (Å²) < 4.78 is 12.6. The Morgan fingerprint density at radius 3 is 2.43 bits per heavy atom. The molecule has 0 aliphatic rings. The fraction of sp³-hybridized carbons (Fsp3) is 0. The van der Waals surface area contributed by atoms with Gasteiger partial charge in [0.05, 0.1) is 0 Å². The van der Waals surface area contributed by atoms with Crippen LogP contribution in [0.1, 0.15) is 0 Å². The molecule has 0 radical (unpaired) electrons. The molecule has 2 rings (SSSR count). The molecule has 0 spiro atoms. The topological polar surface area (TPSA) is 36.0 Å². The zero-order chi connectivity index (χ0) is 9.97. The number of nitrogens with zero attached hydrogens (tertiary/aromatic N) is 1. The molecular formula is C11H7FNO-. The van der Waals surface area contributed by atoms with Crippen molar-refractivity contribution in [1.82, 2.24) is 4.98 Å². The molecule has 1 aromatic carbocycles. The molecule has 3 heteroatoms. The van der Waals surface area contributed by atoms with Gasteiger partial charge in [0.1, 0.15) is 5.82 Å². The Bertz CT molecular complexity index is 439. The number of rotatable bonds is 1. The van der Waals surface area contributed by atoms with Crippen LogP contribution in [0.15, 0.2) is 42.6 Å². The van der Waals surface area contributed by atoms with Gasteiger partial charge in [0.25, 0.3) is 0 Å². The molecule has 0 amide bonds.